The molecule has 0 spiro atoms. The molecule has 2 nitrogen and oxygen atoms in total. The average molecular weight is 521 g/mol. The molecule has 2 saturated carbocycles. The average Bonchev–Trinajstić information content (AvgIpc) is 3.36. The van der Waals surface area contributed by atoms with Crippen molar-refractivity contribution in [1.82, 2.24) is 0 Å². The van der Waals surface area contributed by atoms with Gasteiger partial charge in [-0.05, 0) is 91.9 Å². The molecule has 0 aliphatic heterocycles. The Balaban J connectivity index is 1.09. The van der Waals surface area contributed by atoms with E-state index >= 15 is 0 Å². The highest BCUT2D eigenvalue weighted by atomic mass is 16.1. The second-order valence-electron chi connectivity index (χ2n) is 12.7. The fourth-order valence-electron chi connectivity index (χ4n) is 8.08. The van der Waals surface area contributed by atoms with E-state index in [-0.39, 0.29) is 17.8 Å². The van der Waals surface area contributed by atoms with E-state index in [1.165, 1.54) is 34.3 Å². The van der Waals surface area contributed by atoms with E-state index in [1.54, 1.807) is 0 Å². The van der Waals surface area contributed by atoms with Crippen molar-refractivity contribution in [2.45, 2.75) is 95.8 Å². The Morgan fingerprint density at radius 2 is 1.85 bits per heavy atom. The molecule has 0 aromatic heterocycles. The zero-order chi connectivity index (χ0) is 26.8. The third kappa shape index (κ3) is 5.63. The Labute approximate surface area is 235 Å². The van der Waals surface area contributed by atoms with Gasteiger partial charge < -0.3 is 0 Å². The molecule has 0 N–H and O–H groups in total. The molecule has 0 bridgehead atoms. The van der Waals surface area contributed by atoms with E-state index in [4.69, 9.17) is 0 Å². The summed E-state index contributed by atoms with van der Waals surface area (Å²) in [5.41, 5.74) is 6.64. The Morgan fingerprint density at radius 3 is 2.69 bits per heavy atom. The number of hydrogen-bond donors (Lipinski definition) is 0. The third-order valence-corrected chi connectivity index (χ3v) is 10.5. The highest BCUT2D eigenvalue weighted by Gasteiger charge is 2.39. The summed E-state index contributed by atoms with van der Waals surface area (Å²) in [7, 11) is 0. The SMILES string of the molecule is CCC1=CCC=C(C2C=Cc3cc(C4CC(C5CCCC(C(=O)C6CC=CCC6)CC5)CC4=O)ccc32)C=C1. The standard InChI is InChI=1S/C37H44O2/c1-2-25-8-6-12-27(15-14-25)33-20-18-30-22-31(19-21-34(30)33)35-23-32(24-36(35)38)26-11-7-13-29(17-16-26)37(39)28-9-4-3-5-10-28/h3-4,8,12,14-15,18-22,26,28-29,32-33,35H,2,5-7,9-11,13,16-17,23-24H2,1H3. The minimum atomic E-state index is 0.0377. The predicted molar refractivity (Wildman–Crippen MR) is 160 cm³/mol. The van der Waals surface area contributed by atoms with Crippen LogP contribution >= 0.6 is 0 Å². The number of hydrogen-bond acceptors (Lipinski definition) is 2. The number of ketones is 2. The predicted octanol–water partition coefficient (Wildman–Crippen LogP) is 9.20. The van der Waals surface area contributed by atoms with Gasteiger partial charge in [-0.3, -0.25) is 9.59 Å². The van der Waals surface area contributed by atoms with Gasteiger partial charge in [0.15, 0.2) is 0 Å². The van der Waals surface area contributed by atoms with Gasteiger partial charge in [0.05, 0.1) is 0 Å². The smallest absolute Gasteiger partial charge is 0.140 e. The largest absolute Gasteiger partial charge is 0.299 e. The topological polar surface area (TPSA) is 34.1 Å². The molecule has 5 aliphatic rings. The molecule has 5 aliphatic carbocycles. The van der Waals surface area contributed by atoms with Crippen molar-refractivity contribution in [2.75, 3.05) is 0 Å². The zero-order valence-corrected chi connectivity index (χ0v) is 23.6. The molecule has 6 unspecified atom stereocenters. The van der Waals surface area contributed by atoms with Gasteiger partial charge >= 0.3 is 0 Å². The first-order chi connectivity index (χ1) is 19.1. The summed E-state index contributed by atoms with van der Waals surface area (Å²) in [6, 6.07) is 6.82. The van der Waals surface area contributed by atoms with Crippen LogP contribution in [0.25, 0.3) is 6.08 Å². The molecule has 204 valence electrons. The zero-order valence-electron chi connectivity index (χ0n) is 23.6. The van der Waals surface area contributed by atoms with Crippen molar-refractivity contribution < 1.29 is 9.59 Å². The van der Waals surface area contributed by atoms with Crippen LogP contribution in [-0.2, 0) is 9.59 Å². The van der Waals surface area contributed by atoms with E-state index in [9.17, 15) is 9.59 Å². The lowest BCUT2D eigenvalue weighted by Crippen LogP contribution is -2.24. The Hall–Kier alpha value is -2.74. The van der Waals surface area contributed by atoms with Gasteiger partial charge in [0.25, 0.3) is 0 Å². The summed E-state index contributed by atoms with van der Waals surface area (Å²) in [5.74, 6) is 2.88. The first-order valence-electron chi connectivity index (χ1n) is 15.7. The molecule has 6 atom stereocenters. The Bertz CT molecular complexity index is 1250. The number of Topliss-reactive ketones (excluding diaryl/α,β-unsaturated/α-hetero) is 2. The maximum Gasteiger partial charge on any atom is 0.140 e. The summed E-state index contributed by atoms with van der Waals surface area (Å²) in [6.07, 6.45) is 30.6. The lowest BCUT2D eigenvalue weighted by atomic mass is 9.80. The highest BCUT2D eigenvalue weighted by Crippen LogP contribution is 2.46. The van der Waals surface area contributed by atoms with E-state index in [2.05, 4.69) is 73.7 Å². The van der Waals surface area contributed by atoms with Crippen LogP contribution in [0.1, 0.15) is 112 Å². The van der Waals surface area contributed by atoms with Crippen LogP contribution < -0.4 is 0 Å². The molecule has 6 rings (SSSR count). The van der Waals surface area contributed by atoms with Gasteiger partial charge in [0, 0.05) is 30.1 Å². The van der Waals surface area contributed by atoms with Crippen molar-refractivity contribution in [3.8, 4) is 0 Å². The van der Waals surface area contributed by atoms with Crippen LogP contribution in [0.3, 0.4) is 0 Å². The molecule has 1 aromatic carbocycles. The molecule has 0 saturated heterocycles. The summed E-state index contributed by atoms with van der Waals surface area (Å²) in [5, 5.41) is 0. The maximum absolute atomic E-state index is 13.3. The number of allylic oxidation sites excluding steroid dienone is 9. The minimum Gasteiger partial charge on any atom is -0.299 e. The third-order valence-electron chi connectivity index (χ3n) is 10.5. The van der Waals surface area contributed by atoms with Crippen LogP contribution in [0, 0.1) is 23.7 Å². The molecule has 2 fully saturated rings. The summed E-state index contributed by atoms with van der Waals surface area (Å²) in [6.45, 7) is 2.21. The van der Waals surface area contributed by atoms with Crippen LogP contribution in [0.5, 0.6) is 0 Å². The highest BCUT2D eigenvalue weighted by molar-refractivity contribution is 5.88. The van der Waals surface area contributed by atoms with E-state index in [0.29, 0.717) is 29.3 Å². The van der Waals surface area contributed by atoms with Gasteiger partial charge in [-0.15, -0.1) is 0 Å². The molecular formula is C37H44O2. The van der Waals surface area contributed by atoms with Gasteiger partial charge in [0.1, 0.15) is 11.6 Å². The molecule has 2 heteroatoms. The van der Waals surface area contributed by atoms with Gasteiger partial charge in [-0.1, -0.05) is 92.1 Å². The molecule has 0 amide bonds. The fraction of sp³-hybridized carbons (Fsp3) is 0.514. The summed E-state index contributed by atoms with van der Waals surface area (Å²) >= 11 is 0. The van der Waals surface area contributed by atoms with Crippen LogP contribution in [0.2, 0.25) is 0 Å². The molecule has 0 radical (unpaired) electrons. The van der Waals surface area contributed by atoms with Crippen molar-refractivity contribution >= 4 is 17.6 Å². The Kier molecular flexibility index (Phi) is 8.00. The van der Waals surface area contributed by atoms with Crippen LogP contribution in [0.15, 0.2) is 71.9 Å². The van der Waals surface area contributed by atoms with Gasteiger partial charge in [-0.2, -0.15) is 0 Å². The molecule has 0 heterocycles. The number of carbonyl (C=O) groups is 2. The number of carbonyl (C=O) groups excluding carboxylic acids is 2. The van der Waals surface area contributed by atoms with Gasteiger partial charge in [0.2, 0.25) is 0 Å². The second kappa shape index (κ2) is 11.8. The molecule has 39 heavy (non-hydrogen) atoms. The van der Waals surface area contributed by atoms with E-state index in [1.807, 2.05) is 0 Å². The van der Waals surface area contributed by atoms with Crippen molar-refractivity contribution in [1.29, 1.82) is 0 Å². The van der Waals surface area contributed by atoms with E-state index < -0.39 is 0 Å². The minimum absolute atomic E-state index is 0.0377. The monoisotopic (exact) mass is 520 g/mol. The number of benzene rings is 1. The lowest BCUT2D eigenvalue weighted by molar-refractivity contribution is -0.127. The van der Waals surface area contributed by atoms with Gasteiger partial charge in [-0.25, -0.2) is 0 Å². The Morgan fingerprint density at radius 1 is 0.923 bits per heavy atom. The number of fused-ring (bicyclic) bond motifs is 1. The van der Waals surface area contributed by atoms with E-state index in [0.717, 1.165) is 70.6 Å². The molecular weight excluding hydrogens is 476 g/mol. The number of rotatable bonds is 6. The first-order valence-corrected chi connectivity index (χ1v) is 15.7. The maximum atomic E-state index is 13.3. The lowest BCUT2D eigenvalue weighted by Gasteiger charge is -2.23. The quantitative estimate of drug-likeness (QED) is 0.277. The van der Waals surface area contributed by atoms with Crippen molar-refractivity contribution in [2.24, 2.45) is 23.7 Å². The normalized spacial score (nSPS) is 32.4. The van der Waals surface area contributed by atoms with Crippen LogP contribution in [-0.4, -0.2) is 11.6 Å². The molecule has 1 aromatic rings. The summed E-state index contributed by atoms with van der Waals surface area (Å²) in [4.78, 5) is 26.5. The van der Waals surface area contributed by atoms with Crippen molar-refractivity contribution in [3.05, 3.63) is 88.6 Å². The van der Waals surface area contributed by atoms with Crippen LogP contribution in [0.4, 0.5) is 0 Å². The van der Waals surface area contributed by atoms with Crippen molar-refractivity contribution in [3.63, 3.8) is 0 Å². The summed E-state index contributed by atoms with van der Waals surface area (Å²) < 4.78 is 0. The first kappa shape index (κ1) is 26.5. The second-order valence-corrected chi connectivity index (χ2v) is 12.7. The fourth-order valence-corrected chi connectivity index (χ4v) is 8.08.